The molecular weight excluding hydrogens is 334 g/mol. The van der Waals surface area contributed by atoms with Crippen molar-refractivity contribution < 1.29 is 27.6 Å². The van der Waals surface area contributed by atoms with Crippen LogP contribution in [-0.2, 0) is 16.0 Å². The molecule has 0 radical (unpaired) electrons. The van der Waals surface area contributed by atoms with Gasteiger partial charge in [-0.25, -0.2) is 13.6 Å². The zero-order chi connectivity index (χ0) is 18.6. The van der Waals surface area contributed by atoms with E-state index in [1.54, 1.807) is 13.8 Å². The lowest BCUT2D eigenvalue weighted by atomic mass is 10.1. The van der Waals surface area contributed by atoms with Crippen molar-refractivity contribution in [3.63, 3.8) is 0 Å². The molecule has 1 atom stereocenters. The molecule has 0 aliphatic rings. The van der Waals surface area contributed by atoms with Gasteiger partial charge in [-0.3, -0.25) is 4.79 Å². The average molecular weight is 352 g/mol. The second-order valence-electron chi connectivity index (χ2n) is 5.45. The molecule has 134 valence electrons. The number of aromatic nitrogens is 1. The Morgan fingerprint density at radius 2 is 2.08 bits per heavy atom. The van der Waals surface area contributed by atoms with Gasteiger partial charge in [-0.05, 0) is 26.3 Å². The average Bonchev–Trinajstić information content (AvgIpc) is 2.93. The molecular formula is C17H18F2N2O4. The summed E-state index contributed by atoms with van der Waals surface area (Å²) in [4.78, 5) is 23.9. The van der Waals surface area contributed by atoms with E-state index in [1.165, 1.54) is 13.0 Å². The van der Waals surface area contributed by atoms with Crippen LogP contribution in [-0.4, -0.2) is 23.6 Å². The highest BCUT2D eigenvalue weighted by molar-refractivity contribution is 5.93. The van der Waals surface area contributed by atoms with Crippen molar-refractivity contribution in [3.05, 3.63) is 52.4 Å². The van der Waals surface area contributed by atoms with Gasteiger partial charge < -0.3 is 14.6 Å². The number of amides is 1. The second-order valence-corrected chi connectivity index (χ2v) is 5.45. The first-order valence-electron chi connectivity index (χ1n) is 7.70. The number of hydrogen-bond acceptors (Lipinski definition) is 5. The van der Waals surface area contributed by atoms with E-state index in [1.807, 2.05) is 0 Å². The third-order valence-corrected chi connectivity index (χ3v) is 3.61. The smallest absolute Gasteiger partial charge is 0.344 e. The van der Waals surface area contributed by atoms with E-state index in [9.17, 15) is 18.4 Å². The van der Waals surface area contributed by atoms with E-state index < -0.39 is 36.2 Å². The molecule has 1 heterocycles. The van der Waals surface area contributed by atoms with E-state index in [2.05, 4.69) is 10.5 Å². The molecule has 2 rings (SSSR count). The minimum absolute atomic E-state index is 0.129. The zero-order valence-corrected chi connectivity index (χ0v) is 14.1. The number of esters is 1. The lowest BCUT2D eigenvalue weighted by Crippen LogP contribution is -2.31. The quantitative estimate of drug-likeness (QED) is 0.809. The Morgan fingerprint density at radius 3 is 2.72 bits per heavy atom. The number of carbonyl (C=O) groups excluding carboxylic acids is 2. The Morgan fingerprint density at radius 1 is 1.36 bits per heavy atom. The fraction of sp³-hybridized carbons (Fsp3) is 0.353. The van der Waals surface area contributed by atoms with Gasteiger partial charge in [0.2, 0.25) is 0 Å². The van der Waals surface area contributed by atoms with Crippen molar-refractivity contribution in [2.24, 2.45) is 0 Å². The highest BCUT2D eigenvalue weighted by Crippen LogP contribution is 2.18. The fourth-order valence-electron chi connectivity index (χ4n) is 2.34. The maximum absolute atomic E-state index is 13.7. The summed E-state index contributed by atoms with van der Waals surface area (Å²) in [7, 11) is 0. The molecule has 2 aromatic rings. The monoisotopic (exact) mass is 352 g/mol. The first-order chi connectivity index (χ1) is 11.8. The fourth-order valence-corrected chi connectivity index (χ4v) is 2.34. The van der Waals surface area contributed by atoms with E-state index in [4.69, 9.17) is 9.26 Å². The number of hydrogen-bond donors (Lipinski definition) is 1. The van der Waals surface area contributed by atoms with Crippen molar-refractivity contribution in [1.29, 1.82) is 0 Å². The van der Waals surface area contributed by atoms with Gasteiger partial charge >= 0.3 is 5.97 Å². The van der Waals surface area contributed by atoms with Crippen LogP contribution in [0.3, 0.4) is 0 Å². The Kier molecular flexibility index (Phi) is 5.84. The summed E-state index contributed by atoms with van der Waals surface area (Å²) < 4.78 is 36.5. The van der Waals surface area contributed by atoms with Crippen molar-refractivity contribution >= 4 is 11.9 Å². The van der Waals surface area contributed by atoms with Crippen LogP contribution in [0.5, 0.6) is 0 Å². The summed E-state index contributed by atoms with van der Waals surface area (Å²) in [6.07, 6.45) is 0.481. The SMILES string of the molecule is CCc1noc(C)c1C(=O)OCC(=O)NC(C)c1ccc(F)cc1F. The minimum atomic E-state index is -0.766. The van der Waals surface area contributed by atoms with E-state index in [0.717, 1.165) is 12.1 Å². The summed E-state index contributed by atoms with van der Waals surface area (Å²) in [5, 5.41) is 6.22. The number of aryl methyl sites for hydroxylation is 2. The third-order valence-electron chi connectivity index (χ3n) is 3.61. The van der Waals surface area contributed by atoms with Crippen LogP contribution in [0, 0.1) is 18.6 Å². The molecule has 1 N–H and O–H groups in total. The summed E-state index contributed by atoms with van der Waals surface area (Å²) in [6.45, 7) is 4.37. The van der Waals surface area contributed by atoms with Gasteiger partial charge in [0, 0.05) is 11.6 Å². The Bertz CT molecular complexity index is 789. The molecule has 25 heavy (non-hydrogen) atoms. The van der Waals surface area contributed by atoms with E-state index in [0.29, 0.717) is 17.9 Å². The number of rotatable bonds is 6. The molecule has 0 saturated carbocycles. The number of nitrogens with zero attached hydrogens (tertiary/aromatic N) is 1. The molecule has 0 aliphatic carbocycles. The molecule has 0 bridgehead atoms. The van der Waals surface area contributed by atoms with Crippen LogP contribution in [0.4, 0.5) is 8.78 Å². The van der Waals surface area contributed by atoms with Gasteiger partial charge in [-0.2, -0.15) is 0 Å². The Balaban J connectivity index is 1.94. The normalized spacial score (nSPS) is 11.9. The number of carbonyl (C=O) groups is 2. The first kappa shape index (κ1) is 18.6. The standard InChI is InChI=1S/C17H18F2N2O4/c1-4-14-16(10(3)25-21-14)17(23)24-8-15(22)20-9(2)12-6-5-11(18)7-13(12)19/h5-7,9H,4,8H2,1-3H3,(H,20,22). The summed E-state index contributed by atoms with van der Waals surface area (Å²) in [6, 6.07) is 2.37. The molecule has 0 aliphatic heterocycles. The topological polar surface area (TPSA) is 81.4 Å². The molecule has 1 aromatic heterocycles. The second kappa shape index (κ2) is 7.87. The van der Waals surface area contributed by atoms with Crippen molar-refractivity contribution in [2.75, 3.05) is 6.61 Å². The number of nitrogens with one attached hydrogen (secondary N) is 1. The van der Waals surface area contributed by atoms with Crippen LogP contribution in [0.25, 0.3) is 0 Å². The zero-order valence-electron chi connectivity index (χ0n) is 14.1. The molecule has 8 heteroatoms. The summed E-state index contributed by atoms with van der Waals surface area (Å²) >= 11 is 0. The van der Waals surface area contributed by atoms with Gasteiger partial charge in [0.25, 0.3) is 5.91 Å². The van der Waals surface area contributed by atoms with Gasteiger partial charge in [-0.1, -0.05) is 18.1 Å². The van der Waals surface area contributed by atoms with Crippen molar-refractivity contribution in [2.45, 2.75) is 33.2 Å². The molecule has 0 spiro atoms. The minimum Gasteiger partial charge on any atom is -0.452 e. The van der Waals surface area contributed by atoms with Crippen LogP contribution in [0.15, 0.2) is 22.7 Å². The summed E-state index contributed by atoms with van der Waals surface area (Å²) in [5.41, 5.74) is 0.779. The van der Waals surface area contributed by atoms with Gasteiger partial charge in [0.15, 0.2) is 6.61 Å². The van der Waals surface area contributed by atoms with Crippen LogP contribution >= 0.6 is 0 Å². The maximum Gasteiger partial charge on any atom is 0.344 e. The number of benzene rings is 1. The van der Waals surface area contributed by atoms with Gasteiger partial charge in [0.1, 0.15) is 23.0 Å². The highest BCUT2D eigenvalue weighted by Gasteiger charge is 2.22. The predicted octanol–water partition coefficient (Wildman–Crippen LogP) is 2.86. The van der Waals surface area contributed by atoms with E-state index in [-0.39, 0.29) is 11.1 Å². The molecule has 6 nitrogen and oxygen atoms in total. The molecule has 1 aromatic carbocycles. The molecule has 0 fully saturated rings. The lowest BCUT2D eigenvalue weighted by Gasteiger charge is -2.15. The first-order valence-corrected chi connectivity index (χ1v) is 7.70. The van der Waals surface area contributed by atoms with Crippen LogP contribution in [0.2, 0.25) is 0 Å². The van der Waals surface area contributed by atoms with E-state index >= 15 is 0 Å². The van der Waals surface area contributed by atoms with Crippen LogP contribution in [0.1, 0.15) is 47.3 Å². The molecule has 1 amide bonds. The molecule has 1 unspecified atom stereocenters. The predicted molar refractivity (Wildman–Crippen MR) is 83.8 cm³/mol. The maximum atomic E-state index is 13.7. The lowest BCUT2D eigenvalue weighted by molar-refractivity contribution is -0.124. The number of ether oxygens (including phenoxy) is 1. The Hall–Kier alpha value is -2.77. The van der Waals surface area contributed by atoms with Gasteiger partial charge in [-0.15, -0.1) is 0 Å². The summed E-state index contributed by atoms with van der Waals surface area (Å²) in [5.74, 6) is -2.49. The van der Waals surface area contributed by atoms with Gasteiger partial charge in [0.05, 0.1) is 11.7 Å². The van der Waals surface area contributed by atoms with Crippen molar-refractivity contribution in [3.8, 4) is 0 Å². The Labute approximate surface area is 143 Å². The largest absolute Gasteiger partial charge is 0.452 e. The third kappa shape index (κ3) is 4.40. The van der Waals surface area contributed by atoms with Crippen molar-refractivity contribution in [1.82, 2.24) is 10.5 Å². The molecule has 0 saturated heterocycles. The van der Waals surface area contributed by atoms with Crippen LogP contribution < -0.4 is 5.32 Å². The number of halogens is 2. The highest BCUT2D eigenvalue weighted by atomic mass is 19.1.